The maximum Gasteiger partial charge on any atom is 0.235 e. The summed E-state index contributed by atoms with van der Waals surface area (Å²) in [5.74, 6) is 1.42. The van der Waals surface area contributed by atoms with E-state index in [1.54, 1.807) is 12.4 Å². The molecule has 0 amide bonds. The molecule has 0 saturated heterocycles. The first-order chi connectivity index (χ1) is 9.29. The number of hydrogen-bond donors (Lipinski definition) is 0. The summed E-state index contributed by atoms with van der Waals surface area (Å²) < 4.78 is 12.3. The van der Waals surface area contributed by atoms with E-state index in [9.17, 15) is 4.79 Å². The minimum atomic E-state index is -0.0431. The molecule has 0 fully saturated rings. The van der Waals surface area contributed by atoms with Crippen molar-refractivity contribution in [2.45, 2.75) is 13.3 Å². The van der Waals surface area contributed by atoms with Crippen molar-refractivity contribution in [3.63, 3.8) is 0 Å². The highest BCUT2D eigenvalue weighted by molar-refractivity contribution is 5.78. The number of hydrogen-bond acceptors (Lipinski definition) is 4. The molecule has 0 saturated carbocycles. The van der Waals surface area contributed by atoms with Gasteiger partial charge in [0.25, 0.3) is 0 Å². The van der Waals surface area contributed by atoms with Crippen molar-refractivity contribution in [1.82, 2.24) is 9.55 Å². The fraction of sp³-hybridized carbons (Fsp3) is 0.286. The Bertz CT molecular complexity index is 523. The van der Waals surface area contributed by atoms with Gasteiger partial charge in [0.2, 0.25) is 5.91 Å². The summed E-state index contributed by atoms with van der Waals surface area (Å²) in [5.41, 5.74) is 0. The maximum atomic E-state index is 11.7. The highest BCUT2D eigenvalue weighted by atomic mass is 16.5. The number of carbonyl (C=O) groups excluding carboxylic acids is 1. The van der Waals surface area contributed by atoms with E-state index in [1.807, 2.05) is 31.2 Å². The standard InChI is InChI=1S/C14H16N2O3/c1-2-18-12-4-3-5-13(10-12)19-9-6-14(17)16-8-7-15-11-16/h3-5,7-8,10-11H,2,6,9H2,1H3. The Labute approximate surface area is 111 Å². The van der Waals surface area contributed by atoms with E-state index in [0.717, 1.165) is 5.75 Å². The van der Waals surface area contributed by atoms with E-state index >= 15 is 0 Å². The molecule has 0 spiro atoms. The zero-order valence-corrected chi connectivity index (χ0v) is 10.8. The van der Waals surface area contributed by atoms with Crippen LogP contribution in [0.5, 0.6) is 11.5 Å². The van der Waals surface area contributed by atoms with Gasteiger partial charge in [-0.2, -0.15) is 0 Å². The van der Waals surface area contributed by atoms with Crippen molar-refractivity contribution in [2.75, 3.05) is 13.2 Å². The van der Waals surface area contributed by atoms with Gasteiger partial charge in [0.05, 0.1) is 19.6 Å². The van der Waals surface area contributed by atoms with Crippen molar-refractivity contribution < 1.29 is 14.3 Å². The Kier molecular flexibility index (Phi) is 4.55. The molecule has 19 heavy (non-hydrogen) atoms. The Balaban J connectivity index is 1.82. The van der Waals surface area contributed by atoms with E-state index in [4.69, 9.17) is 9.47 Å². The van der Waals surface area contributed by atoms with Gasteiger partial charge in [0, 0.05) is 18.5 Å². The molecule has 2 rings (SSSR count). The minimum Gasteiger partial charge on any atom is -0.494 e. The molecule has 1 heterocycles. The molecule has 0 aliphatic carbocycles. The van der Waals surface area contributed by atoms with Crippen LogP contribution in [-0.4, -0.2) is 28.7 Å². The number of aromatic nitrogens is 2. The Morgan fingerprint density at radius 3 is 2.79 bits per heavy atom. The SMILES string of the molecule is CCOc1cccc(OCCC(=O)n2ccnc2)c1. The average molecular weight is 260 g/mol. The molecule has 0 N–H and O–H groups in total. The van der Waals surface area contributed by atoms with Crippen LogP contribution in [0.4, 0.5) is 0 Å². The van der Waals surface area contributed by atoms with Gasteiger partial charge in [-0.05, 0) is 19.1 Å². The summed E-state index contributed by atoms with van der Waals surface area (Å²) in [6.07, 6.45) is 4.98. The van der Waals surface area contributed by atoms with Gasteiger partial charge < -0.3 is 9.47 Å². The van der Waals surface area contributed by atoms with Crippen LogP contribution in [0.3, 0.4) is 0 Å². The van der Waals surface area contributed by atoms with Crippen LogP contribution < -0.4 is 9.47 Å². The van der Waals surface area contributed by atoms with E-state index in [1.165, 1.54) is 10.9 Å². The molecule has 5 heteroatoms. The van der Waals surface area contributed by atoms with Crippen molar-refractivity contribution in [2.24, 2.45) is 0 Å². The Morgan fingerprint density at radius 1 is 1.32 bits per heavy atom. The van der Waals surface area contributed by atoms with Gasteiger partial charge in [0.1, 0.15) is 17.8 Å². The van der Waals surface area contributed by atoms with Crippen LogP contribution in [-0.2, 0) is 0 Å². The van der Waals surface area contributed by atoms with Crippen LogP contribution in [0.15, 0.2) is 43.0 Å². The van der Waals surface area contributed by atoms with E-state index in [0.29, 0.717) is 25.4 Å². The average Bonchev–Trinajstić information content (AvgIpc) is 2.93. The molecule has 1 aromatic carbocycles. The smallest absolute Gasteiger partial charge is 0.235 e. The summed E-state index contributed by atoms with van der Waals surface area (Å²) in [4.78, 5) is 15.5. The second-order valence-corrected chi connectivity index (χ2v) is 3.87. The predicted octanol–water partition coefficient (Wildman–Crippen LogP) is 2.39. The summed E-state index contributed by atoms with van der Waals surface area (Å²) in [5, 5.41) is 0. The largest absolute Gasteiger partial charge is 0.494 e. The number of rotatable bonds is 6. The van der Waals surface area contributed by atoms with E-state index < -0.39 is 0 Å². The monoisotopic (exact) mass is 260 g/mol. The minimum absolute atomic E-state index is 0.0431. The summed E-state index contributed by atoms with van der Waals surface area (Å²) >= 11 is 0. The van der Waals surface area contributed by atoms with E-state index in [-0.39, 0.29) is 5.91 Å². The number of carbonyl (C=O) groups is 1. The molecule has 0 radical (unpaired) electrons. The van der Waals surface area contributed by atoms with E-state index in [2.05, 4.69) is 4.98 Å². The van der Waals surface area contributed by atoms with Crippen molar-refractivity contribution >= 4 is 5.91 Å². The normalized spacial score (nSPS) is 10.2. The van der Waals surface area contributed by atoms with Gasteiger partial charge in [-0.25, -0.2) is 4.98 Å². The highest BCUT2D eigenvalue weighted by Gasteiger charge is 2.04. The Hall–Kier alpha value is -2.30. The number of benzene rings is 1. The quantitative estimate of drug-likeness (QED) is 0.800. The van der Waals surface area contributed by atoms with Crippen molar-refractivity contribution in [1.29, 1.82) is 0 Å². The van der Waals surface area contributed by atoms with Crippen LogP contribution in [0.2, 0.25) is 0 Å². The van der Waals surface area contributed by atoms with Gasteiger partial charge in [0.15, 0.2) is 0 Å². The number of ether oxygens (including phenoxy) is 2. The fourth-order valence-electron chi connectivity index (χ4n) is 1.61. The molecule has 100 valence electrons. The number of nitrogens with zero attached hydrogens (tertiary/aromatic N) is 2. The molecule has 5 nitrogen and oxygen atoms in total. The molecular weight excluding hydrogens is 244 g/mol. The lowest BCUT2D eigenvalue weighted by molar-refractivity contribution is 0.0881. The molecule has 0 bridgehead atoms. The third kappa shape index (κ3) is 3.84. The highest BCUT2D eigenvalue weighted by Crippen LogP contribution is 2.19. The fourth-order valence-corrected chi connectivity index (χ4v) is 1.61. The van der Waals surface area contributed by atoms with Gasteiger partial charge >= 0.3 is 0 Å². The van der Waals surface area contributed by atoms with Gasteiger partial charge in [-0.15, -0.1) is 0 Å². The second-order valence-electron chi connectivity index (χ2n) is 3.87. The third-order valence-electron chi connectivity index (χ3n) is 2.49. The molecule has 1 aromatic heterocycles. The van der Waals surface area contributed by atoms with Crippen molar-refractivity contribution in [3.05, 3.63) is 43.0 Å². The lowest BCUT2D eigenvalue weighted by atomic mass is 10.3. The molecule has 0 atom stereocenters. The lowest BCUT2D eigenvalue weighted by Gasteiger charge is -2.08. The first-order valence-corrected chi connectivity index (χ1v) is 6.16. The maximum absolute atomic E-state index is 11.7. The summed E-state index contributed by atoms with van der Waals surface area (Å²) in [6, 6.07) is 7.38. The summed E-state index contributed by atoms with van der Waals surface area (Å²) in [7, 11) is 0. The van der Waals surface area contributed by atoms with Crippen molar-refractivity contribution in [3.8, 4) is 11.5 Å². The first-order valence-electron chi connectivity index (χ1n) is 6.16. The lowest BCUT2D eigenvalue weighted by Crippen LogP contribution is -2.12. The van der Waals surface area contributed by atoms with Crippen LogP contribution in [0.25, 0.3) is 0 Å². The van der Waals surface area contributed by atoms with Gasteiger partial charge in [-0.3, -0.25) is 9.36 Å². The predicted molar refractivity (Wildman–Crippen MR) is 70.6 cm³/mol. The third-order valence-corrected chi connectivity index (χ3v) is 2.49. The molecular formula is C14H16N2O3. The number of imidazole rings is 1. The molecule has 0 unspecified atom stereocenters. The first kappa shape index (κ1) is 13.1. The zero-order valence-electron chi connectivity index (χ0n) is 10.8. The summed E-state index contributed by atoms with van der Waals surface area (Å²) in [6.45, 7) is 2.87. The molecule has 2 aromatic rings. The van der Waals surface area contributed by atoms with Crippen LogP contribution >= 0.6 is 0 Å². The van der Waals surface area contributed by atoms with Gasteiger partial charge in [-0.1, -0.05) is 6.07 Å². The molecule has 0 aliphatic heterocycles. The molecule has 0 aliphatic rings. The Morgan fingerprint density at radius 2 is 2.11 bits per heavy atom. The second kappa shape index (κ2) is 6.58. The van der Waals surface area contributed by atoms with Crippen LogP contribution in [0, 0.1) is 0 Å². The van der Waals surface area contributed by atoms with Crippen LogP contribution in [0.1, 0.15) is 18.1 Å². The topological polar surface area (TPSA) is 53.4 Å². The zero-order chi connectivity index (χ0) is 13.5.